The molecule has 0 bridgehead atoms. The van der Waals surface area contributed by atoms with Crippen LogP contribution in [0.25, 0.3) is 0 Å². The van der Waals surface area contributed by atoms with Crippen LogP contribution in [0.4, 0.5) is 0 Å². The van der Waals surface area contributed by atoms with Crippen molar-refractivity contribution in [2.45, 2.75) is 39.0 Å². The topological polar surface area (TPSA) is 23.8 Å². The van der Waals surface area contributed by atoms with E-state index < -0.39 is 0 Å². The third-order valence-electron chi connectivity index (χ3n) is 3.32. The van der Waals surface area contributed by atoms with Crippen LogP contribution in [0.5, 0.6) is 0 Å². The van der Waals surface area contributed by atoms with Gasteiger partial charge in [-0.1, -0.05) is 25.1 Å². The summed E-state index contributed by atoms with van der Waals surface area (Å²) in [6.45, 7) is 2.08. The minimum absolute atomic E-state index is 0.185. The lowest BCUT2D eigenvalue weighted by molar-refractivity contribution is 0.638. The van der Waals surface area contributed by atoms with Crippen molar-refractivity contribution in [3.63, 3.8) is 0 Å². The van der Waals surface area contributed by atoms with Crippen LogP contribution >= 0.6 is 0 Å². The molecule has 1 aromatic carbocycles. The molecule has 15 heavy (non-hydrogen) atoms. The first-order valence-corrected chi connectivity index (χ1v) is 5.83. The van der Waals surface area contributed by atoms with Crippen LogP contribution in [-0.2, 0) is 19.3 Å². The number of hydrogen-bond donors (Lipinski definition) is 0. The second kappa shape index (κ2) is 4.49. The molecule has 0 N–H and O–H groups in total. The van der Waals surface area contributed by atoms with E-state index in [0.29, 0.717) is 0 Å². The van der Waals surface area contributed by atoms with Gasteiger partial charge in [0.05, 0.1) is 12.0 Å². The summed E-state index contributed by atoms with van der Waals surface area (Å²) in [4.78, 5) is 0. The van der Waals surface area contributed by atoms with Gasteiger partial charge in [0.2, 0.25) is 0 Å². The highest BCUT2D eigenvalue weighted by atomic mass is 14.3. The number of benzene rings is 1. The lowest BCUT2D eigenvalue weighted by Gasteiger charge is -2.07. The monoisotopic (exact) mass is 199 g/mol. The predicted octanol–water partition coefficient (Wildman–Crippen LogP) is 3.27. The zero-order valence-corrected chi connectivity index (χ0v) is 9.29. The van der Waals surface area contributed by atoms with E-state index in [1.807, 2.05) is 0 Å². The van der Waals surface area contributed by atoms with Crippen LogP contribution in [0.1, 0.15) is 36.5 Å². The van der Waals surface area contributed by atoms with Crippen LogP contribution in [-0.4, -0.2) is 0 Å². The van der Waals surface area contributed by atoms with E-state index >= 15 is 0 Å². The second-order valence-electron chi connectivity index (χ2n) is 4.40. The Morgan fingerprint density at radius 3 is 2.87 bits per heavy atom. The van der Waals surface area contributed by atoms with Crippen molar-refractivity contribution in [1.82, 2.24) is 0 Å². The van der Waals surface area contributed by atoms with Crippen molar-refractivity contribution in [3.05, 3.63) is 34.9 Å². The number of fused-ring (bicyclic) bond motifs is 1. The van der Waals surface area contributed by atoms with Crippen LogP contribution in [0.2, 0.25) is 0 Å². The first-order valence-electron chi connectivity index (χ1n) is 5.83. The molecule has 0 heterocycles. The molecule has 0 saturated carbocycles. The zero-order valence-electron chi connectivity index (χ0n) is 9.29. The Balaban J connectivity index is 2.13. The maximum absolute atomic E-state index is 8.93. The molecule has 1 aromatic rings. The maximum atomic E-state index is 8.93. The Kier molecular flexibility index (Phi) is 3.06. The van der Waals surface area contributed by atoms with Crippen molar-refractivity contribution in [2.24, 2.45) is 5.92 Å². The van der Waals surface area contributed by atoms with Crippen molar-refractivity contribution >= 4 is 0 Å². The number of hydrogen-bond acceptors (Lipinski definition) is 1. The molecule has 1 nitrogen and oxygen atoms in total. The summed E-state index contributed by atoms with van der Waals surface area (Å²) in [5.41, 5.74) is 4.37. The zero-order chi connectivity index (χ0) is 10.7. The van der Waals surface area contributed by atoms with Gasteiger partial charge in [-0.15, -0.1) is 0 Å². The third kappa shape index (κ3) is 2.21. The molecule has 0 spiro atoms. The predicted molar refractivity (Wildman–Crippen MR) is 61.6 cm³/mol. The summed E-state index contributed by atoms with van der Waals surface area (Å²) < 4.78 is 0. The lowest BCUT2D eigenvalue weighted by Crippen LogP contribution is -2.00. The summed E-state index contributed by atoms with van der Waals surface area (Å²) in [5, 5.41) is 8.93. The molecule has 0 aliphatic heterocycles. The average Bonchev–Trinajstić information content (AvgIpc) is 2.73. The highest BCUT2D eigenvalue weighted by molar-refractivity contribution is 5.35. The Morgan fingerprint density at radius 1 is 1.33 bits per heavy atom. The number of rotatable bonds is 3. The molecule has 1 atom stereocenters. The average molecular weight is 199 g/mol. The fourth-order valence-corrected chi connectivity index (χ4v) is 2.32. The Labute approximate surface area is 91.7 Å². The number of aryl methyl sites for hydroxylation is 2. The number of nitrogens with zero attached hydrogens (tertiary/aromatic N) is 1. The first kappa shape index (κ1) is 10.2. The van der Waals surface area contributed by atoms with E-state index in [-0.39, 0.29) is 5.92 Å². The van der Waals surface area contributed by atoms with Crippen molar-refractivity contribution < 1.29 is 0 Å². The Morgan fingerprint density at radius 2 is 2.13 bits per heavy atom. The second-order valence-corrected chi connectivity index (χ2v) is 4.40. The summed E-state index contributed by atoms with van der Waals surface area (Å²) in [6.07, 6.45) is 5.64. The van der Waals surface area contributed by atoms with E-state index in [2.05, 4.69) is 31.2 Å². The van der Waals surface area contributed by atoms with Gasteiger partial charge in [-0.05, 0) is 48.8 Å². The van der Waals surface area contributed by atoms with E-state index in [1.165, 1.54) is 36.0 Å². The SMILES string of the molecule is CCC(C#N)Cc1ccc2c(c1)CCC2. The summed E-state index contributed by atoms with van der Waals surface area (Å²) >= 11 is 0. The maximum Gasteiger partial charge on any atom is 0.0659 e. The van der Waals surface area contributed by atoms with Gasteiger partial charge < -0.3 is 0 Å². The van der Waals surface area contributed by atoms with Gasteiger partial charge in [-0.25, -0.2) is 0 Å². The van der Waals surface area contributed by atoms with E-state index in [1.54, 1.807) is 0 Å². The van der Waals surface area contributed by atoms with E-state index in [0.717, 1.165) is 12.8 Å². The van der Waals surface area contributed by atoms with Gasteiger partial charge in [0.1, 0.15) is 0 Å². The lowest BCUT2D eigenvalue weighted by atomic mass is 9.96. The van der Waals surface area contributed by atoms with Crippen molar-refractivity contribution in [2.75, 3.05) is 0 Å². The van der Waals surface area contributed by atoms with Crippen molar-refractivity contribution in [3.8, 4) is 6.07 Å². The summed E-state index contributed by atoms with van der Waals surface area (Å²) in [6, 6.07) is 9.13. The van der Waals surface area contributed by atoms with Gasteiger partial charge in [0.25, 0.3) is 0 Å². The molecule has 1 heteroatoms. The highest BCUT2D eigenvalue weighted by Crippen LogP contribution is 2.24. The van der Waals surface area contributed by atoms with Gasteiger partial charge in [0.15, 0.2) is 0 Å². The fraction of sp³-hybridized carbons (Fsp3) is 0.500. The van der Waals surface area contributed by atoms with Crippen LogP contribution in [0.3, 0.4) is 0 Å². The molecule has 0 fully saturated rings. The van der Waals surface area contributed by atoms with Crippen molar-refractivity contribution in [1.29, 1.82) is 5.26 Å². The smallest absolute Gasteiger partial charge is 0.0659 e. The molecule has 0 saturated heterocycles. The largest absolute Gasteiger partial charge is 0.198 e. The summed E-state index contributed by atoms with van der Waals surface area (Å²) in [7, 11) is 0. The van der Waals surface area contributed by atoms with Crippen LogP contribution in [0, 0.1) is 17.2 Å². The minimum atomic E-state index is 0.185. The quantitative estimate of drug-likeness (QED) is 0.733. The van der Waals surface area contributed by atoms with E-state index in [9.17, 15) is 0 Å². The third-order valence-corrected chi connectivity index (χ3v) is 3.32. The van der Waals surface area contributed by atoms with E-state index in [4.69, 9.17) is 5.26 Å². The molecular weight excluding hydrogens is 182 g/mol. The number of nitriles is 1. The molecule has 1 aliphatic rings. The van der Waals surface area contributed by atoms with Gasteiger partial charge >= 0.3 is 0 Å². The Bertz CT molecular complexity index is 387. The molecule has 0 radical (unpaired) electrons. The summed E-state index contributed by atoms with van der Waals surface area (Å²) in [5.74, 6) is 0.185. The molecule has 0 aromatic heterocycles. The fourth-order valence-electron chi connectivity index (χ4n) is 2.32. The molecule has 1 aliphatic carbocycles. The standard InChI is InChI=1S/C14H17N/c1-2-11(10-15)8-12-6-7-13-4-3-5-14(13)9-12/h6-7,9,11H,2-5,8H2,1H3. The molecule has 78 valence electrons. The molecule has 0 amide bonds. The normalized spacial score (nSPS) is 15.7. The van der Waals surface area contributed by atoms with Crippen LogP contribution < -0.4 is 0 Å². The highest BCUT2D eigenvalue weighted by Gasteiger charge is 2.12. The van der Waals surface area contributed by atoms with Gasteiger partial charge in [-0.3, -0.25) is 0 Å². The molecular formula is C14H17N. The first-order chi connectivity index (χ1) is 7.33. The van der Waals surface area contributed by atoms with Gasteiger partial charge in [-0.2, -0.15) is 5.26 Å². The van der Waals surface area contributed by atoms with Crippen LogP contribution in [0.15, 0.2) is 18.2 Å². The Hall–Kier alpha value is -1.29. The van der Waals surface area contributed by atoms with Gasteiger partial charge in [0, 0.05) is 0 Å². The minimum Gasteiger partial charge on any atom is -0.198 e. The molecule has 1 unspecified atom stereocenters. The molecule has 2 rings (SSSR count).